The van der Waals surface area contributed by atoms with Gasteiger partial charge in [0.1, 0.15) is 24.1 Å². The van der Waals surface area contributed by atoms with Crippen LogP contribution in [0.2, 0.25) is 0 Å². The zero-order chi connectivity index (χ0) is 27.5. The molecular formula is C32H33N5O3. The molecule has 1 unspecified atom stereocenters. The van der Waals surface area contributed by atoms with Gasteiger partial charge in [-0.2, -0.15) is 0 Å². The van der Waals surface area contributed by atoms with Crippen LogP contribution < -0.4 is 5.32 Å². The van der Waals surface area contributed by atoms with Crippen molar-refractivity contribution in [2.24, 2.45) is 0 Å². The number of anilines is 1. The Morgan fingerprint density at radius 1 is 0.775 bits per heavy atom. The maximum absolute atomic E-state index is 6.41. The Morgan fingerprint density at radius 2 is 1.32 bits per heavy atom. The van der Waals surface area contributed by atoms with Crippen molar-refractivity contribution in [1.82, 2.24) is 19.5 Å². The maximum atomic E-state index is 6.41. The summed E-state index contributed by atoms with van der Waals surface area (Å²) in [4.78, 5) is 14.2. The molecule has 40 heavy (non-hydrogen) atoms. The smallest absolute Gasteiger partial charge is 0.167 e. The zero-order valence-corrected chi connectivity index (χ0v) is 22.8. The van der Waals surface area contributed by atoms with E-state index in [0.29, 0.717) is 17.0 Å². The average molecular weight is 536 g/mol. The largest absolute Gasteiger partial charge is 0.376 e. The van der Waals surface area contributed by atoms with Gasteiger partial charge >= 0.3 is 0 Å². The third-order valence-electron chi connectivity index (χ3n) is 7.79. The van der Waals surface area contributed by atoms with Gasteiger partial charge in [-0.3, -0.25) is 4.57 Å². The third kappa shape index (κ3) is 4.34. The van der Waals surface area contributed by atoms with E-state index in [9.17, 15) is 0 Å². The van der Waals surface area contributed by atoms with E-state index in [0.717, 1.165) is 23.1 Å². The predicted molar refractivity (Wildman–Crippen MR) is 154 cm³/mol. The second kappa shape index (κ2) is 11.2. The molecule has 8 nitrogen and oxygen atoms in total. The van der Waals surface area contributed by atoms with Crippen molar-refractivity contribution >= 4 is 17.0 Å². The van der Waals surface area contributed by atoms with Crippen LogP contribution in [-0.4, -0.2) is 52.1 Å². The van der Waals surface area contributed by atoms with Crippen molar-refractivity contribution in [3.8, 4) is 0 Å². The number of nitrogens with zero attached hydrogens (tertiary/aromatic N) is 4. The first-order chi connectivity index (χ1) is 19.7. The molecule has 0 amide bonds. The third-order valence-corrected chi connectivity index (χ3v) is 7.79. The predicted octanol–water partition coefficient (Wildman–Crippen LogP) is 5.57. The second-order valence-electron chi connectivity index (χ2n) is 9.89. The quantitative estimate of drug-likeness (QED) is 0.247. The number of benzene rings is 3. The Kier molecular flexibility index (Phi) is 7.30. The lowest BCUT2D eigenvalue weighted by molar-refractivity contribution is -0.0517. The van der Waals surface area contributed by atoms with Gasteiger partial charge in [-0.15, -0.1) is 0 Å². The first-order valence-electron chi connectivity index (χ1n) is 13.5. The van der Waals surface area contributed by atoms with Crippen LogP contribution >= 0.6 is 0 Å². The topological polar surface area (TPSA) is 83.3 Å². The standard InChI is InChI=1S/C32H33N5O3/c1-4-25-27(38-2)28(39-3)31(40-25)37-21-35-26-29(33-20-34-30(26)37)36-32(22-14-8-5-9-15-22,23-16-10-6-11-17-23)24-18-12-7-13-19-24/h5-21,25,27-28,31H,4H2,1-3H3,(H,33,34,36)/t25-,27?,28+,31-/m1/s1. The van der Waals surface area contributed by atoms with Crippen LogP contribution in [0.3, 0.4) is 0 Å². The number of hydrogen-bond acceptors (Lipinski definition) is 7. The summed E-state index contributed by atoms with van der Waals surface area (Å²) in [7, 11) is 3.37. The minimum absolute atomic E-state index is 0.0984. The molecular weight excluding hydrogens is 502 g/mol. The molecule has 1 aliphatic rings. The van der Waals surface area contributed by atoms with Gasteiger partial charge < -0.3 is 19.5 Å². The Labute approximate surface area is 234 Å². The first kappa shape index (κ1) is 26.1. The highest BCUT2D eigenvalue weighted by atomic mass is 16.6. The van der Waals surface area contributed by atoms with Crippen molar-refractivity contribution in [2.75, 3.05) is 19.5 Å². The van der Waals surface area contributed by atoms with Crippen LogP contribution in [0.1, 0.15) is 36.3 Å². The summed E-state index contributed by atoms with van der Waals surface area (Å²) in [5.74, 6) is 0.614. The molecule has 0 radical (unpaired) electrons. The molecule has 0 aliphatic carbocycles. The summed E-state index contributed by atoms with van der Waals surface area (Å²) in [6.07, 6.45) is 3.08. The van der Waals surface area contributed by atoms with Crippen molar-refractivity contribution in [3.63, 3.8) is 0 Å². The van der Waals surface area contributed by atoms with Gasteiger partial charge in [-0.1, -0.05) is 97.9 Å². The number of imidazole rings is 1. The Hall–Kier alpha value is -4.11. The summed E-state index contributed by atoms with van der Waals surface area (Å²) in [5, 5.41) is 3.83. The van der Waals surface area contributed by atoms with E-state index in [1.54, 1.807) is 26.9 Å². The SMILES string of the molecule is CC[C@H]1O[C@@H](n2cnc3c(NC(c4ccccc4)(c4ccccc4)c4ccccc4)ncnc32)[C@@H](OC)C1OC. The lowest BCUT2D eigenvalue weighted by atomic mass is 9.77. The molecule has 8 heteroatoms. The molecule has 1 saturated heterocycles. The van der Waals surface area contributed by atoms with Crippen LogP contribution in [-0.2, 0) is 19.7 Å². The molecule has 204 valence electrons. The summed E-state index contributed by atoms with van der Waals surface area (Å²) >= 11 is 0. The van der Waals surface area contributed by atoms with Crippen molar-refractivity contribution in [3.05, 3.63) is 120 Å². The molecule has 6 rings (SSSR count). The Bertz CT molecular complexity index is 1450. The molecule has 4 atom stereocenters. The molecule has 5 aromatic rings. The van der Waals surface area contributed by atoms with Crippen molar-refractivity contribution in [1.29, 1.82) is 0 Å². The molecule has 0 bridgehead atoms. The van der Waals surface area contributed by atoms with Gasteiger partial charge in [-0.05, 0) is 23.1 Å². The minimum atomic E-state index is -0.748. The van der Waals surface area contributed by atoms with Crippen LogP contribution in [0, 0.1) is 0 Å². The van der Waals surface area contributed by atoms with Gasteiger partial charge in [0.15, 0.2) is 23.2 Å². The monoisotopic (exact) mass is 535 g/mol. The van der Waals surface area contributed by atoms with Gasteiger partial charge in [0.05, 0.1) is 12.4 Å². The van der Waals surface area contributed by atoms with E-state index in [2.05, 4.69) is 90.0 Å². The van der Waals surface area contributed by atoms with E-state index in [-0.39, 0.29) is 18.3 Å². The number of hydrogen-bond donors (Lipinski definition) is 1. The number of rotatable bonds is 9. The highest BCUT2D eigenvalue weighted by Gasteiger charge is 2.46. The Balaban J connectivity index is 1.51. The zero-order valence-electron chi connectivity index (χ0n) is 22.8. The average Bonchev–Trinajstić information content (AvgIpc) is 3.62. The highest BCUT2D eigenvalue weighted by Crippen LogP contribution is 2.41. The molecule has 0 saturated carbocycles. The van der Waals surface area contributed by atoms with Crippen molar-refractivity contribution in [2.45, 2.75) is 43.4 Å². The lowest BCUT2D eigenvalue weighted by Gasteiger charge is -2.37. The summed E-state index contributed by atoms with van der Waals surface area (Å²) < 4.78 is 20.0. The van der Waals surface area contributed by atoms with E-state index < -0.39 is 11.8 Å². The lowest BCUT2D eigenvalue weighted by Crippen LogP contribution is -2.38. The van der Waals surface area contributed by atoms with Gasteiger partial charge in [0.2, 0.25) is 0 Å². The van der Waals surface area contributed by atoms with Crippen LogP contribution in [0.25, 0.3) is 11.2 Å². The fourth-order valence-corrected chi connectivity index (χ4v) is 5.88. The first-order valence-corrected chi connectivity index (χ1v) is 13.5. The number of aromatic nitrogens is 4. The summed E-state index contributed by atoms with van der Waals surface area (Å²) in [6, 6.07) is 31.2. The second-order valence-corrected chi connectivity index (χ2v) is 9.89. The number of nitrogens with one attached hydrogen (secondary N) is 1. The van der Waals surface area contributed by atoms with Gasteiger partial charge in [0, 0.05) is 14.2 Å². The van der Waals surface area contributed by atoms with E-state index >= 15 is 0 Å². The Morgan fingerprint density at radius 3 is 1.82 bits per heavy atom. The molecule has 1 fully saturated rings. The normalized spacial score (nSPS) is 21.1. The van der Waals surface area contributed by atoms with E-state index in [1.807, 2.05) is 22.8 Å². The fraction of sp³-hybridized carbons (Fsp3) is 0.281. The fourth-order valence-electron chi connectivity index (χ4n) is 5.88. The molecule has 3 heterocycles. The van der Waals surface area contributed by atoms with E-state index in [4.69, 9.17) is 24.2 Å². The van der Waals surface area contributed by atoms with Crippen LogP contribution in [0.4, 0.5) is 5.82 Å². The van der Waals surface area contributed by atoms with Crippen LogP contribution in [0.5, 0.6) is 0 Å². The summed E-state index contributed by atoms with van der Waals surface area (Å²) in [6.45, 7) is 2.08. The molecule has 0 spiro atoms. The van der Waals surface area contributed by atoms with Gasteiger partial charge in [-0.25, -0.2) is 15.0 Å². The highest BCUT2D eigenvalue weighted by molar-refractivity contribution is 5.84. The number of ether oxygens (including phenoxy) is 3. The van der Waals surface area contributed by atoms with Crippen molar-refractivity contribution < 1.29 is 14.2 Å². The maximum Gasteiger partial charge on any atom is 0.167 e. The number of methoxy groups -OCH3 is 2. The molecule has 2 aromatic heterocycles. The van der Waals surface area contributed by atoms with Crippen LogP contribution in [0.15, 0.2) is 104 Å². The number of fused-ring (bicyclic) bond motifs is 1. The summed E-state index contributed by atoms with van der Waals surface area (Å²) in [5.41, 5.74) is 3.77. The molecule has 1 aliphatic heterocycles. The molecule has 1 N–H and O–H groups in total. The van der Waals surface area contributed by atoms with Gasteiger partial charge in [0.25, 0.3) is 0 Å². The van der Waals surface area contributed by atoms with E-state index in [1.165, 1.54) is 0 Å². The molecule has 3 aromatic carbocycles. The minimum Gasteiger partial charge on any atom is -0.376 e.